The molecule has 1 saturated carbocycles. The SMILES string of the molecule is COc1cc(C)ccc1OCC1(O)CCC1. The van der Waals surface area contributed by atoms with Crippen molar-refractivity contribution in [3.63, 3.8) is 0 Å². The van der Waals surface area contributed by atoms with E-state index in [1.54, 1.807) is 7.11 Å². The van der Waals surface area contributed by atoms with Gasteiger partial charge < -0.3 is 14.6 Å². The average molecular weight is 222 g/mol. The zero-order chi connectivity index (χ0) is 11.6. The predicted molar refractivity (Wildman–Crippen MR) is 62.0 cm³/mol. The van der Waals surface area contributed by atoms with Crippen LogP contribution >= 0.6 is 0 Å². The molecule has 16 heavy (non-hydrogen) atoms. The monoisotopic (exact) mass is 222 g/mol. The van der Waals surface area contributed by atoms with Gasteiger partial charge in [0.1, 0.15) is 6.61 Å². The van der Waals surface area contributed by atoms with E-state index in [2.05, 4.69) is 0 Å². The molecule has 0 atom stereocenters. The molecule has 0 bridgehead atoms. The lowest BCUT2D eigenvalue weighted by molar-refractivity contribution is -0.0667. The third-order valence-electron chi connectivity index (χ3n) is 3.10. The zero-order valence-corrected chi connectivity index (χ0v) is 9.82. The van der Waals surface area contributed by atoms with Crippen LogP contribution in [0.4, 0.5) is 0 Å². The molecule has 0 radical (unpaired) electrons. The second kappa shape index (κ2) is 4.34. The largest absolute Gasteiger partial charge is 0.493 e. The van der Waals surface area contributed by atoms with Gasteiger partial charge in [-0.15, -0.1) is 0 Å². The van der Waals surface area contributed by atoms with E-state index in [-0.39, 0.29) is 0 Å². The van der Waals surface area contributed by atoms with Crippen molar-refractivity contribution in [2.24, 2.45) is 0 Å². The molecular weight excluding hydrogens is 204 g/mol. The molecule has 0 amide bonds. The van der Waals surface area contributed by atoms with E-state index in [9.17, 15) is 5.11 Å². The Bertz CT molecular complexity index is 369. The van der Waals surface area contributed by atoms with E-state index in [0.717, 1.165) is 30.6 Å². The minimum atomic E-state index is -0.615. The van der Waals surface area contributed by atoms with Gasteiger partial charge in [-0.2, -0.15) is 0 Å². The normalized spacial score (nSPS) is 17.7. The molecule has 0 saturated heterocycles. The average Bonchev–Trinajstić information content (AvgIpc) is 2.24. The van der Waals surface area contributed by atoms with Gasteiger partial charge in [0.05, 0.1) is 12.7 Å². The molecule has 0 unspecified atom stereocenters. The molecule has 1 fully saturated rings. The third-order valence-corrected chi connectivity index (χ3v) is 3.10. The summed E-state index contributed by atoms with van der Waals surface area (Å²) in [6.45, 7) is 2.36. The van der Waals surface area contributed by atoms with Crippen LogP contribution in [0.3, 0.4) is 0 Å². The molecule has 1 aliphatic rings. The van der Waals surface area contributed by atoms with Crippen molar-refractivity contribution in [2.75, 3.05) is 13.7 Å². The number of benzene rings is 1. The highest BCUT2D eigenvalue weighted by Crippen LogP contribution is 2.34. The van der Waals surface area contributed by atoms with Crippen molar-refractivity contribution in [1.29, 1.82) is 0 Å². The van der Waals surface area contributed by atoms with Crippen molar-refractivity contribution < 1.29 is 14.6 Å². The molecule has 88 valence electrons. The number of aliphatic hydroxyl groups is 1. The molecule has 3 nitrogen and oxygen atoms in total. The van der Waals surface area contributed by atoms with Gasteiger partial charge in [0.15, 0.2) is 11.5 Å². The molecule has 1 aromatic rings. The van der Waals surface area contributed by atoms with Crippen molar-refractivity contribution in [1.82, 2.24) is 0 Å². The summed E-state index contributed by atoms with van der Waals surface area (Å²) in [5, 5.41) is 9.92. The van der Waals surface area contributed by atoms with Gasteiger partial charge in [0.25, 0.3) is 0 Å². The molecule has 1 N–H and O–H groups in total. The quantitative estimate of drug-likeness (QED) is 0.849. The van der Waals surface area contributed by atoms with Gasteiger partial charge in [-0.05, 0) is 43.9 Å². The van der Waals surface area contributed by atoms with Crippen LogP contribution in [-0.4, -0.2) is 24.4 Å². The summed E-state index contributed by atoms with van der Waals surface area (Å²) in [5.41, 5.74) is 0.516. The number of ether oxygens (including phenoxy) is 2. The first-order chi connectivity index (χ1) is 7.63. The van der Waals surface area contributed by atoms with E-state index in [1.807, 2.05) is 25.1 Å². The van der Waals surface area contributed by atoms with Gasteiger partial charge in [-0.3, -0.25) is 0 Å². The lowest BCUT2D eigenvalue weighted by atomic mass is 9.81. The highest BCUT2D eigenvalue weighted by atomic mass is 16.5. The fraction of sp³-hybridized carbons (Fsp3) is 0.538. The number of methoxy groups -OCH3 is 1. The molecule has 1 aromatic carbocycles. The highest BCUT2D eigenvalue weighted by molar-refractivity contribution is 5.42. The van der Waals surface area contributed by atoms with E-state index in [0.29, 0.717) is 12.4 Å². The van der Waals surface area contributed by atoms with Crippen LogP contribution in [-0.2, 0) is 0 Å². The van der Waals surface area contributed by atoms with Gasteiger partial charge in [-0.1, -0.05) is 6.07 Å². The van der Waals surface area contributed by atoms with Crippen molar-refractivity contribution in [3.05, 3.63) is 23.8 Å². The first-order valence-electron chi connectivity index (χ1n) is 5.63. The maximum Gasteiger partial charge on any atom is 0.161 e. The Labute approximate surface area is 96.0 Å². The molecule has 0 heterocycles. The molecule has 1 aliphatic carbocycles. The second-order valence-corrected chi connectivity index (χ2v) is 4.52. The minimum absolute atomic E-state index is 0.354. The van der Waals surface area contributed by atoms with Crippen LogP contribution in [0.15, 0.2) is 18.2 Å². The number of aryl methyl sites for hydroxylation is 1. The summed E-state index contributed by atoms with van der Waals surface area (Å²) in [7, 11) is 1.62. The van der Waals surface area contributed by atoms with Crippen molar-refractivity contribution in [2.45, 2.75) is 31.8 Å². The number of hydrogen-bond acceptors (Lipinski definition) is 3. The number of rotatable bonds is 4. The second-order valence-electron chi connectivity index (χ2n) is 4.52. The van der Waals surface area contributed by atoms with Crippen molar-refractivity contribution >= 4 is 0 Å². The third kappa shape index (κ3) is 2.30. The summed E-state index contributed by atoms with van der Waals surface area (Å²) < 4.78 is 10.9. The van der Waals surface area contributed by atoms with Crippen LogP contribution in [0, 0.1) is 6.92 Å². The lowest BCUT2D eigenvalue weighted by Gasteiger charge is -2.36. The Kier molecular flexibility index (Phi) is 3.06. The summed E-state index contributed by atoms with van der Waals surface area (Å²) in [4.78, 5) is 0. The Hall–Kier alpha value is -1.22. The highest BCUT2D eigenvalue weighted by Gasteiger charge is 2.35. The Morgan fingerprint density at radius 3 is 2.62 bits per heavy atom. The van der Waals surface area contributed by atoms with Gasteiger partial charge in [0, 0.05) is 0 Å². The van der Waals surface area contributed by atoms with Crippen LogP contribution in [0.2, 0.25) is 0 Å². The minimum Gasteiger partial charge on any atom is -0.493 e. The van der Waals surface area contributed by atoms with E-state index in [4.69, 9.17) is 9.47 Å². The fourth-order valence-electron chi connectivity index (χ4n) is 1.84. The molecule has 2 rings (SSSR count). The van der Waals surface area contributed by atoms with E-state index >= 15 is 0 Å². The summed E-state index contributed by atoms with van der Waals surface area (Å²) >= 11 is 0. The van der Waals surface area contributed by atoms with Crippen LogP contribution in [0.1, 0.15) is 24.8 Å². The fourth-order valence-corrected chi connectivity index (χ4v) is 1.84. The molecular formula is C13H18O3. The van der Waals surface area contributed by atoms with Gasteiger partial charge in [-0.25, -0.2) is 0 Å². The summed E-state index contributed by atoms with van der Waals surface area (Å²) in [5.74, 6) is 1.43. The first-order valence-corrected chi connectivity index (χ1v) is 5.63. The maximum atomic E-state index is 9.92. The Balaban J connectivity index is 2.03. The molecule has 3 heteroatoms. The maximum absolute atomic E-state index is 9.92. The molecule has 0 aromatic heterocycles. The summed E-state index contributed by atoms with van der Waals surface area (Å²) in [6.07, 6.45) is 2.76. The molecule has 0 aliphatic heterocycles. The number of hydrogen-bond donors (Lipinski definition) is 1. The Morgan fingerprint density at radius 2 is 2.06 bits per heavy atom. The Morgan fingerprint density at radius 1 is 1.31 bits per heavy atom. The predicted octanol–water partition coefficient (Wildman–Crippen LogP) is 2.30. The van der Waals surface area contributed by atoms with Gasteiger partial charge in [0.2, 0.25) is 0 Å². The zero-order valence-electron chi connectivity index (χ0n) is 9.82. The van der Waals surface area contributed by atoms with Gasteiger partial charge >= 0.3 is 0 Å². The topological polar surface area (TPSA) is 38.7 Å². The van der Waals surface area contributed by atoms with Crippen molar-refractivity contribution in [3.8, 4) is 11.5 Å². The smallest absolute Gasteiger partial charge is 0.161 e. The standard InChI is InChI=1S/C13H18O3/c1-10-4-5-11(12(8-10)15-2)16-9-13(14)6-3-7-13/h4-5,8,14H,3,6-7,9H2,1-2H3. The van der Waals surface area contributed by atoms with E-state index in [1.165, 1.54) is 0 Å². The molecule has 0 spiro atoms. The van der Waals surface area contributed by atoms with Crippen LogP contribution < -0.4 is 9.47 Å². The van der Waals surface area contributed by atoms with Crippen LogP contribution in [0.5, 0.6) is 11.5 Å². The van der Waals surface area contributed by atoms with Crippen LogP contribution in [0.25, 0.3) is 0 Å². The van der Waals surface area contributed by atoms with E-state index < -0.39 is 5.60 Å². The first kappa shape index (κ1) is 11.3. The lowest BCUT2D eigenvalue weighted by Crippen LogP contribution is -2.42. The summed E-state index contributed by atoms with van der Waals surface area (Å²) in [6, 6.07) is 5.79.